The fourth-order valence-electron chi connectivity index (χ4n) is 3.16. The van der Waals surface area contributed by atoms with Crippen molar-refractivity contribution >= 4 is 35.7 Å². The van der Waals surface area contributed by atoms with Crippen molar-refractivity contribution in [3.8, 4) is 0 Å². The molecule has 1 aromatic rings. The van der Waals surface area contributed by atoms with E-state index in [4.69, 9.17) is 9.40 Å². The Labute approximate surface area is 143 Å². The van der Waals surface area contributed by atoms with Crippen LogP contribution in [0.4, 0.5) is 0 Å². The first-order chi connectivity index (χ1) is 10.4. The van der Waals surface area contributed by atoms with Gasteiger partial charge in [-0.05, 0) is 0 Å². The summed E-state index contributed by atoms with van der Waals surface area (Å²) >= 11 is -2.38. The second kappa shape index (κ2) is 9.50. The van der Waals surface area contributed by atoms with Crippen LogP contribution >= 0.6 is 0 Å². The van der Waals surface area contributed by atoms with Gasteiger partial charge in [-0.15, -0.1) is 0 Å². The fourth-order valence-corrected chi connectivity index (χ4v) is 19.2. The zero-order valence-corrected chi connectivity index (χ0v) is 19.7. The zero-order valence-electron chi connectivity index (χ0n) is 15.8. The van der Waals surface area contributed by atoms with E-state index in [1.54, 1.807) is 0 Å². The van der Waals surface area contributed by atoms with Crippen molar-refractivity contribution in [3.05, 3.63) is 6.20 Å². The summed E-state index contributed by atoms with van der Waals surface area (Å²) in [6, 6.07) is 0. The Kier molecular flexibility index (Phi) is 8.76. The van der Waals surface area contributed by atoms with E-state index < -0.39 is 26.5 Å². The molecule has 0 aliphatic rings. The molecule has 0 N–H and O–H groups in total. The Balaban J connectivity index is 3.10. The molecule has 0 aromatic carbocycles. The molecule has 0 saturated heterocycles. The summed E-state index contributed by atoms with van der Waals surface area (Å²) in [5.74, 6) is 0. The predicted octanol–water partition coefficient (Wildman–Crippen LogP) is 5.28. The molecule has 0 fully saturated rings. The van der Waals surface area contributed by atoms with Gasteiger partial charge in [-0.1, -0.05) is 0 Å². The molecule has 0 aliphatic carbocycles. The molecule has 1 aromatic heterocycles. The standard InChI is InChI=1S/C6H10NOSi.3C4H9.Sn/c1-9(2,3)6-7-4-5-8-6;3*1-3-4-2;/h4H,1-3H3;3*1,3-4H2,2H3;. The van der Waals surface area contributed by atoms with Crippen LogP contribution in [0.15, 0.2) is 10.6 Å². The third-order valence-corrected chi connectivity index (χ3v) is 21.1. The maximum atomic E-state index is 6.45. The molecular formula is C18H37NOSiSn. The summed E-state index contributed by atoms with van der Waals surface area (Å²) in [4.78, 5) is 4.73. The summed E-state index contributed by atoms with van der Waals surface area (Å²) in [5, 5.41) is 0. The SMILES string of the molecule is CCC[CH2][Sn]([CH2]CCC)([CH2]CCC)[c]1cnc([Si](C)(C)C)o1. The number of hydrogen-bond acceptors (Lipinski definition) is 2. The monoisotopic (exact) mass is 431 g/mol. The molecule has 0 amide bonds. The minimum absolute atomic E-state index is 1.08. The second-order valence-corrected chi connectivity index (χ2v) is 25.8. The maximum absolute atomic E-state index is 6.45. The first-order valence-corrected chi connectivity index (χ1v) is 20.3. The van der Waals surface area contributed by atoms with Crippen molar-refractivity contribution in [1.29, 1.82) is 0 Å². The molecule has 0 spiro atoms. The van der Waals surface area contributed by atoms with Crippen LogP contribution < -0.4 is 9.29 Å². The van der Waals surface area contributed by atoms with Crippen molar-refractivity contribution in [1.82, 2.24) is 4.98 Å². The number of nitrogens with zero attached hydrogens (tertiary/aromatic N) is 1. The molecule has 0 radical (unpaired) electrons. The molecule has 0 aliphatic heterocycles. The Morgan fingerprint density at radius 1 is 0.909 bits per heavy atom. The van der Waals surface area contributed by atoms with Crippen molar-refractivity contribution in [2.75, 3.05) is 0 Å². The fraction of sp³-hybridized carbons (Fsp3) is 0.833. The molecule has 0 atom stereocenters. The van der Waals surface area contributed by atoms with E-state index in [9.17, 15) is 0 Å². The molecular weight excluding hydrogens is 393 g/mol. The Bertz CT molecular complexity index is 403. The van der Waals surface area contributed by atoms with Gasteiger partial charge in [0.05, 0.1) is 0 Å². The molecule has 4 heteroatoms. The normalized spacial score (nSPS) is 12.8. The van der Waals surface area contributed by atoms with Gasteiger partial charge in [-0.25, -0.2) is 0 Å². The molecule has 0 bridgehead atoms. The minimum atomic E-state index is -2.38. The number of aromatic nitrogens is 1. The molecule has 128 valence electrons. The molecule has 22 heavy (non-hydrogen) atoms. The van der Waals surface area contributed by atoms with Gasteiger partial charge >= 0.3 is 144 Å². The molecule has 1 rings (SSSR count). The zero-order chi connectivity index (χ0) is 16.6. The van der Waals surface area contributed by atoms with Gasteiger partial charge in [0.1, 0.15) is 0 Å². The van der Waals surface area contributed by atoms with Crippen molar-refractivity contribution in [2.24, 2.45) is 0 Å². The number of unbranched alkanes of at least 4 members (excludes halogenated alkanes) is 3. The average Bonchev–Trinajstić information content (AvgIpc) is 2.97. The van der Waals surface area contributed by atoms with E-state index in [-0.39, 0.29) is 0 Å². The summed E-state index contributed by atoms with van der Waals surface area (Å²) < 4.78 is 12.2. The van der Waals surface area contributed by atoms with Crippen LogP contribution in [-0.2, 0) is 0 Å². The van der Waals surface area contributed by atoms with E-state index in [0.717, 1.165) is 5.51 Å². The van der Waals surface area contributed by atoms with Gasteiger partial charge in [0.2, 0.25) is 0 Å². The van der Waals surface area contributed by atoms with E-state index >= 15 is 0 Å². The van der Waals surface area contributed by atoms with Crippen molar-refractivity contribution in [3.63, 3.8) is 0 Å². The van der Waals surface area contributed by atoms with Gasteiger partial charge in [0.25, 0.3) is 0 Å². The van der Waals surface area contributed by atoms with E-state index in [0.29, 0.717) is 0 Å². The Hall–Kier alpha value is 0.226. The van der Waals surface area contributed by atoms with Crippen LogP contribution in [0, 0.1) is 0 Å². The molecule has 2 nitrogen and oxygen atoms in total. The summed E-state index contributed by atoms with van der Waals surface area (Å²) in [6.45, 7) is 14.0. The summed E-state index contributed by atoms with van der Waals surface area (Å²) in [7, 11) is -1.43. The average molecular weight is 430 g/mol. The predicted molar refractivity (Wildman–Crippen MR) is 104 cm³/mol. The van der Waals surface area contributed by atoms with Crippen molar-refractivity contribution < 1.29 is 4.42 Å². The van der Waals surface area contributed by atoms with Gasteiger partial charge in [-0.3, -0.25) is 0 Å². The number of hydrogen-bond donors (Lipinski definition) is 0. The topological polar surface area (TPSA) is 26.0 Å². The van der Waals surface area contributed by atoms with Crippen LogP contribution in [-0.4, -0.2) is 31.4 Å². The van der Waals surface area contributed by atoms with Crippen LogP contribution in [0.1, 0.15) is 59.3 Å². The van der Waals surface area contributed by atoms with Gasteiger partial charge in [0, 0.05) is 0 Å². The van der Waals surface area contributed by atoms with Crippen LogP contribution in [0.3, 0.4) is 0 Å². The van der Waals surface area contributed by atoms with Crippen molar-refractivity contribution in [2.45, 2.75) is 92.2 Å². The number of rotatable bonds is 11. The van der Waals surface area contributed by atoms with E-state index in [1.807, 2.05) is 0 Å². The van der Waals surface area contributed by atoms with Gasteiger partial charge in [0.15, 0.2) is 0 Å². The van der Waals surface area contributed by atoms with E-state index in [1.165, 1.54) is 55.6 Å². The third-order valence-electron chi connectivity index (χ3n) is 4.70. The van der Waals surface area contributed by atoms with Crippen LogP contribution in [0.2, 0.25) is 33.0 Å². The second-order valence-electron chi connectivity index (χ2n) is 7.87. The van der Waals surface area contributed by atoms with E-state index in [2.05, 4.69) is 46.6 Å². The third kappa shape index (κ3) is 5.70. The Morgan fingerprint density at radius 3 is 1.68 bits per heavy atom. The van der Waals surface area contributed by atoms with Gasteiger partial charge < -0.3 is 0 Å². The first-order valence-electron chi connectivity index (χ1n) is 9.36. The molecule has 0 unspecified atom stereocenters. The molecule has 1 heterocycles. The summed E-state index contributed by atoms with van der Waals surface area (Å²) in [6.07, 6.45) is 10.2. The Morgan fingerprint density at radius 2 is 1.36 bits per heavy atom. The molecule has 0 saturated carbocycles. The first kappa shape index (κ1) is 20.3. The summed E-state index contributed by atoms with van der Waals surface area (Å²) in [5.41, 5.74) is 1.08. The van der Waals surface area contributed by atoms with Crippen LogP contribution in [0.5, 0.6) is 0 Å². The quantitative estimate of drug-likeness (QED) is 0.447. The number of oxazole rings is 1. The van der Waals surface area contributed by atoms with Crippen LogP contribution in [0.25, 0.3) is 0 Å². The van der Waals surface area contributed by atoms with Gasteiger partial charge in [-0.2, -0.15) is 0 Å².